The van der Waals surface area contributed by atoms with Gasteiger partial charge in [-0.3, -0.25) is 0 Å². The van der Waals surface area contributed by atoms with E-state index in [4.69, 9.17) is 0 Å². The highest BCUT2D eigenvalue weighted by molar-refractivity contribution is 5.91. The second-order valence-electron chi connectivity index (χ2n) is 7.93. The topological polar surface area (TPSA) is 0 Å². The highest BCUT2D eigenvalue weighted by Gasteiger charge is 2.23. The fourth-order valence-electron chi connectivity index (χ4n) is 3.99. The number of aryl methyl sites for hydroxylation is 1. The van der Waals surface area contributed by atoms with Gasteiger partial charge in [-0.05, 0) is 76.4 Å². The maximum Gasteiger partial charge on any atom is -0.0128 e. The van der Waals surface area contributed by atoms with Crippen LogP contribution in [0.15, 0.2) is 60.7 Å². The molecule has 0 fully saturated rings. The SMILES string of the molecule is CC1=CC(C)(C)Cc2cc3ccc(-c4ccc(C)cc4)cc3cc21. The third-order valence-electron chi connectivity index (χ3n) is 5.13. The van der Waals surface area contributed by atoms with Crippen molar-refractivity contribution >= 4 is 16.3 Å². The molecule has 0 atom stereocenters. The monoisotopic (exact) mass is 312 g/mol. The van der Waals surface area contributed by atoms with E-state index in [-0.39, 0.29) is 5.41 Å². The zero-order valence-electron chi connectivity index (χ0n) is 15.0. The van der Waals surface area contributed by atoms with Gasteiger partial charge in [-0.25, -0.2) is 0 Å². The number of benzene rings is 3. The molecule has 0 N–H and O–H groups in total. The normalized spacial score (nSPS) is 15.9. The second kappa shape index (κ2) is 5.34. The molecule has 0 spiro atoms. The molecule has 0 nitrogen and oxygen atoms in total. The van der Waals surface area contributed by atoms with Crippen LogP contribution >= 0.6 is 0 Å². The Bertz CT molecular complexity index is 953. The van der Waals surface area contributed by atoms with Gasteiger partial charge >= 0.3 is 0 Å². The molecule has 0 bridgehead atoms. The predicted octanol–water partition coefficient (Wildman–Crippen LogP) is 6.80. The van der Waals surface area contributed by atoms with Gasteiger partial charge in [0.15, 0.2) is 0 Å². The summed E-state index contributed by atoms with van der Waals surface area (Å²) in [4.78, 5) is 0. The molecule has 0 saturated carbocycles. The van der Waals surface area contributed by atoms with Crippen molar-refractivity contribution in [2.75, 3.05) is 0 Å². The van der Waals surface area contributed by atoms with Crippen LogP contribution in [0, 0.1) is 12.3 Å². The molecule has 3 aromatic carbocycles. The fourth-order valence-corrected chi connectivity index (χ4v) is 3.99. The van der Waals surface area contributed by atoms with Crippen LogP contribution in [0.3, 0.4) is 0 Å². The van der Waals surface area contributed by atoms with Crippen molar-refractivity contribution in [3.05, 3.63) is 77.4 Å². The zero-order valence-corrected chi connectivity index (χ0v) is 15.0. The molecule has 0 saturated heterocycles. The number of hydrogen-bond donors (Lipinski definition) is 0. The third kappa shape index (κ3) is 2.67. The van der Waals surface area contributed by atoms with Crippen LogP contribution in [-0.2, 0) is 6.42 Å². The first-order valence-electron chi connectivity index (χ1n) is 8.75. The van der Waals surface area contributed by atoms with E-state index in [9.17, 15) is 0 Å². The molecule has 3 aromatic rings. The summed E-state index contributed by atoms with van der Waals surface area (Å²) in [6.45, 7) is 9.02. The number of rotatable bonds is 1. The Morgan fingerprint density at radius 2 is 1.46 bits per heavy atom. The van der Waals surface area contributed by atoms with Gasteiger partial charge in [-0.15, -0.1) is 0 Å². The van der Waals surface area contributed by atoms with Crippen LogP contribution in [0.5, 0.6) is 0 Å². The minimum absolute atomic E-state index is 0.257. The Morgan fingerprint density at radius 1 is 0.750 bits per heavy atom. The van der Waals surface area contributed by atoms with Crippen LogP contribution in [0.4, 0.5) is 0 Å². The Balaban J connectivity index is 1.85. The highest BCUT2D eigenvalue weighted by atomic mass is 14.3. The molecule has 4 rings (SSSR count). The number of allylic oxidation sites excluding steroid dienone is 2. The lowest BCUT2D eigenvalue weighted by molar-refractivity contribution is 0.473. The van der Waals surface area contributed by atoms with Crippen molar-refractivity contribution in [2.45, 2.75) is 34.1 Å². The molecule has 0 amide bonds. The lowest BCUT2D eigenvalue weighted by atomic mass is 9.76. The first-order chi connectivity index (χ1) is 11.4. The molecular weight excluding hydrogens is 288 g/mol. The van der Waals surface area contributed by atoms with Gasteiger partial charge in [0.2, 0.25) is 0 Å². The van der Waals surface area contributed by atoms with Crippen molar-refractivity contribution < 1.29 is 0 Å². The molecule has 1 aliphatic rings. The van der Waals surface area contributed by atoms with E-state index in [1.807, 2.05) is 0 Å². The summed E-state index contributed by atoms with van der Waals surface area (Å²) in [6.07, 6.45) is 3.54. The Hall–Kier alpha value is -2.34. The highest BCUT2D eigenvalue weighted by Crippen LogP contribution is 2.38. The second-order valence-corrected chi connectivity index (χ2v) is 7.93. The third-order valence-corrected chi connectivity index (χ3v) is 5.13. The van der Waals surface area contributed by atoms with Gasteiger partial charge in [0.25, 0.3) is 0 Å². The van der Waals surface area contributed by atoms with E-state index in [1.165, 1.54) is 44.2 Å². The van der Waals surface area contributed by atoms with Gasteiger partial charge in [-0.1, -0.05) is 68.0 Å². The minimum Gasteiger partial charge on any atom is -0.0750 e. The molecule has 0 unspecified atom stereocenters. The average Bonchev–Trinajstić information content (AvgIpc) is 2.53. The maximum atomic E-state index is 2.42. The van der Waals surface area contributed by atoms with E-state index in [1.54, 1.807) is 0 Å². The Labute approximate surface area is 144 Å². The first-order valence-corrected chi connectivity index (χ1v) is 8.75. The number of fused-ring (bicyclic) bond motifs is 2. The molecule has 1 aliphatic carbocycles. The Morgan fingerprint density at radius 3 is 2.21 bits per heavy atom. The van der Waals surface area contributed by atoms with Crippen molar-refractivity contribution in [3.8, 4) is 11.1 Å². The maximum absolute atomic E-state index is 2.42. The summed E-state index contributed by atoms with van der Waals surface area (Å²) >= 11 is 0. The van der Waals surface area contributed by atoms with E-state index in [0.29, 0.717) is 0 Å². The minimum atomic E-state index is 0.257. The van der Waals surface area contributed by atoms with Crippen molar-refractivity contribution in [1.82, 2.24) is 0 Å². The molecule has 0 radical (unpaired) electrons. The van der Waals surface area contributed by atoms with E-state index < -0.39 is 0 Å². The fraction of sp³-hybridized carbons (Fsp3) is 0.250. The first kappa shape index (κ1) is 15.2. The molecule has 24 heavy (non-hydrogen) atoms. The summed E-state index contributed by atoms with van der Waals surface area (Å²) in [7, 11) is 0. The van der Waals surface area contributed by atoms with Gasteiger partial charge in [-0.2, -0.15) is 0 Å². The lowest BCUT2D eigenvalue weighted by Gasteiger charge is -2.29. The number of hydrogen-bond acceptors (Lipinski definition) is 0. The van der Waals surface area contributed by atoms with Crippen molar-refractivity contribution in [3.63, 3.8) is 0 Å². The summed E-state index contributed by atoms with van der Waals surface area (Å²) in [5, 5.41) is 2.68. The van der Waals surface area contributed by atoms with Crippen LogP contribution in [0.25, 0.3) is 27.5 Å². The average molecular weight is 312 g/mol. The van der Waals surface area contributed by atoms with Crippen molar-refractivity contribution in [2.24, 2.45) is 5.41 Å². The summed E-state index contributed by atoms with van der Waals surface area (Å²) in [6, 6.07) is 20.4. The summed E-state index contributed by atoms with van der Waals surface area (Å²) in [5.41, 5.74) is 8.44. The van der Waals surface area contributed by atoms with Crippen LogP contribution < -0.4 is 0 Å². The van der Waals surface area contributed by atoms with Crippen LogP contribution in [0.1, 0.15) is 37.5 Å². The van der Waals surface area contributed by atoms with Gasteiger partial charge in [0.1, 0.15) is 0 Å². The Kier molecular flexibility index (Phi) is 3.38. The summed E-state index contributed by atoms with van der Waals surface area (Å²) in [5.74, 6) is 0. The van der Waals surface area contributed by atoms with Gasteiger partial charge in [0, 0.05) is 0 Å². The predicted molar refractivity (Wildman–Crippen MR) is 105 cm³/mol. The summed E-state index contributed by atoms with van der Waals surface area (Å²) < 4.78 is 0. The largest absolute Gasteiger partial charge is 0.0750 e. The van der Waals surface area contributed by atoms with E-state index >= 15 is 0 Å². The molecule has 0 aliphatic heterocycles. The van der Waals surface area contributed by atoms with Crippen molar-refractivity contribution in [1.29, 1.82) is 0 Å². The van der Waals surface area contributed by atoms with E-state index in [2.05, 4.69) is 88.4 Å². The van der Waals surface area contributed by atoms with Gasteiger partial charge < -0.3 is 0 Å². The zero-order chi connectivity index (χ0) is 16.9. The lowest BCUT2D eigenvalue weighted by Crippen LogP contribution is -2.17. The molecule has 0 aromatic heterocycles. The quantitative estimate of drug-likeness (QED) is 0.463. The molecule has 120 valence electrons. The van der Waals surface area contributed by atoms with E-state index in [0.717, 1.165) is 6.42 Å². The van der Waals surface area contributed by atoms with Crippen LogP contribution in [-0.4, -0.2) is 0 Å². The van der Waals surface area contributed by atoms with Crippen LogP contribution in [0.2, 0.25) is 0 Å². The smallest absolute Gasteiger partial charge is 0.0128 e. The molecular formula is C24H24. The standard InChI is InChI=1S/C24H24/c1-16-5-7-18(8-6-16)19-9-10-20-12-22-15-24(3,4)14-17(2)23(22)13-21(20)11-19/h5-14H,15H2,1-4H3. The molecule has 0 heteroatoms. The van der Waals surface area contributed by atoms with Gasteiger partial charge in [0.05, 0.1) is 0 Å². The molecule has 0 heterocycles.